The van der Waals surface area contributed by atoms with E-state index in [0.29, 0.717) is 5.03 Å². The molecule has 0 aliphatic carbocycles. The quantitative estimate of drug-likeness (QED) is 0.629. The third-order valence-electron chi connectivity index (χ3n) is 3.47. The number of hydrogen-bond donors (Lipinski definition) is 1. The topological polar surface area (TPSA) is 20.2 Å². The summed E-state index contributed by atoms with van der Waals surface area (Å²) in [7, 11) is 0. The normalized spacial score (nSPS) is 11.9. The van der Waals surface area contributed by atoms with E-state index in [1.165, 1.54) is 0 Å². The molecule has 0 fully saturated rings. The molecule has 0 amide bonds. The average molecular weight is 307 g/mol. The maximum absolute atomic E-state index is 9.52. The third kappa shape index (κ3) is 3.05. The van der Waals surface area contributed by atoms with Crippen molar-refractivity contribution in [3.8, 4) is 5.75 Å². The zero-order valence-corrected chi connectivity index (χ0v) is 12.7. The third-order valence-corrected chi connectivity index (χ3v) is 3.87. The Kier molecular flexibility index (Phi) is 4.27. The molecule has 3 rings (SSSR count). The van der Waals surface area contributed by atoms with Gasteiger partial charge in [-0.1, -0.05) is 84.4 Å². The summed E-state index contributed by atoms with van der Waals surface area (Å²) in [5, 5.41) is 10.2. The van der Waals surface area contributed by atoms with Crippen molar-refractivity contribution in [3.05, 3.63) is 102 Å². The molecular weight excluding hydrogens is 292 g/mol. The fraction of sp³-hybridized carbons (Fsp3) is 0. The van der Waals surface area contributed by atoms with Crippen LogP contribution in [-0.4, -0.2) is 5.11 Å². The summed E-state index contributed by atoms with van der Waals surface area (Å²) < 4.78 is 0. The molecule has 0 aromatic heterocycles. The summed E-state index contributed by atoms with van der Waals surface area (Å²) in [6.07, 6.45) is 0. The lowest BCUT2D eigenvalue weighted by molar-refractivity contribution is 0.475. The van der Waals surface area contributed by atoms with Gasteiger partial charge in [0, 0.05) is 5.57 Å². The minimum Gasteiger partial charge on any atom is -0.508 e. The zero-order valence-electron chi connectivity index (χ0n) is 11.9. The van der Waals surface area contributed by atoms with E-state index in [1.54, 1.807) is 12.1 Å². The minimum atomic E-state index is 0.243. The molecule has 0 atom stereocenters. The van der Waals surface area contributed by atoms with Gasteiger partial charge >= 0.3 is 0 Å². The number of halogens is 1. The number of phenolic OH excluding ortho intramolecular Hbond substituents is 1. The molecule has 0 spiro atoms. The van der Waals surface area contributed by atoms with Gasteiger partial charge in [0.05, 0.1) is 5.03 Å². The Morgan fingerprint density at radius 3 is 1.59 bits per heavy atom. The van der Waals surface area contributed by atoms with E-state index in [0.717, 1.165) is 22.3 Å². The van der Waals surface area contributed by atoms with E-state index in [4.69, 9.17) is 11.6 Å². The minimum absolute atomic E-state index is 0.243. The Bertz CT molecular complexity index is 775. The summed E-state index contributed by atoms with van der Waals surface area (Å²) in [5.74, 6) is 0.243. The van der Waals surface area contributed by atoms with Crippen molar-refractivity contribution in [2.75, 3.05) is 0 Å². The monoisotopic (exact) mass is 306 g/mol. The molecule has 0 saturated heterocycles. The summed E-state index contributed by atoms with van der Waals surface area (Å²) in [4.78, 5) is 0. The predicted octanol–water partition coefficient (Wildman–Crippen LogP) is 5.55. The SMILES string of the molecule is Oc1ccc(/C(=C(\Cl)c2ccccc2)c2ccccc2)cc1. The summed E-state index contributed by atoms with van der Waals surface area (Å²) in [6, 6.07) is 27.0. The van der Waals surface area contributed by atoms with Crippen LogP contribution in [0.4, 0.5) is 0 Å². The Hall–Kier alpha value is -2.51. The fourth-order valence-electron chi connectivity index (χ4n) is 2.38. The summed E-state index contributed by atoms with van der Waals surface area (Å²) >= 11 is 6.70. The predicted molar refractivity (Wildman–Crippen MR) is 92.8 cm³/mol. The molecule has 0 unspecified atom stereocenters. The average Bonchev–Trinajstić information content (AvgIpc) is 2.58. The highest BCUT2D eigenvalue weighted by atomic mass is 35.5. The van der Waals surface area contributed by atoms with Gasteiger partial charge in [-0.05, 0) is 28.8 Å². The molecule has 0 bridgehead atoms. The van der Waals surface area contributed by atoms with Crippen molar-refractivity contribution in [2.24, 2.45) is 0 Å². The van der Waals surface area contributed by atoms with Crippen molar-refractivity contribution in [2.45, 2.75) is 0 Å². The van der Waals surface area contributed by atoms with E-state index in [9.17, 15) is 5.11 Å². The number of benzene rings is 3. The first-order valence-corrected chi connectivity index (χ1v) is 7.43. The molecular formula is C20H15ClO. The molecule has 0 aliphatic heterocycles. The molecule has 0 saturated carbocycles. The number of hydrogen-bond acceptors (Lipinski definition) is 1. The summed E-state index contributed by atoms with van der Waals surface area (Å²) in [6.45, 7) is 0. The molecule has 0 aliphatic rings. The Morgan fingerprint density at radius 2 is 1.05 bits per heavy atom. The highest BCUT2D eigenvalue weighted by Crippen LogP contribution is 2.35. The molecule has 2 heteroatoms. The molecule has 3 aromatic rings. The second-order valence-corrected chi connectivity index (χ2v) is 5.35. The van der Waals surface area contributed by atoms with Gasteiger partial charge in [0.2, 0.25) is 0 Å². The second kappa shape index (κ2) is 6.50. The smallest absolute Gasteiger partial charge is 0.115 e. The maximum atomic E-state index is 9.52. The fourth-order valence-corrected chi connectivity index (χ4v) is 2.73. The Labute approximate surface area is 135 Å². The Balaban J connectivity index is 2.21. The molecule has 22 heavy (non-hydrogen) atoms. The first-order valence-electron chi connectivity index (χ1n) is 7.06. The number of rotatable bonds is 3. The number of aromatic hydroxyl groups is 1. The molecule has 108 valence electrons. The van der Waals surface area contributed by atoms with Gasteiger partial charge in [0.25, 0.3) is 0 Å². The van der Waals surface area contributed by atoms with Gasteiger partial charge in [0.15, 0.2) is 0 Å². The first kappa shape index (κ1) is 14.4. The zero-order chi connectivity index (χ0) is 15.4. The molecule has 0 heterocycles. The highest BCUT2D eigenvalue weighted by Gasteiger charge is 2.12. The molecule has 1 N–H and O–H groups in total. The standard InChI is InChI=1S/C20H15ClO/c21-20(17-9-5-2-6-10-17)19(15-7-3-1-4-8-15)16-11-13-18(22)14-12-16/h1-14,22H/b20-19-. The van der Waals surface area contributed by atoms with E-state index >= 15 is 0 Å². The van der Waals surface area contributed by atoms with E-state index < -0.39 is 0 Å². The second-order valence-electron chi connectivity index (χ2n) is 4.97. The van der Waals surface area contributed by atoms with Gasteiger partial charge in [-0.3, -0.25) is 0 Å². The van der Waals surface area contributed by atoms with Gasteiger partial charge in [-0.25, -0.2) is 0 Å². The van der Waals surface area contributed by atoms with Gasteiger partial charge < -0.3 is 5.11 Å². The lowest BCUT2D eigenvalue weighted by atomic mass is 9.95. The Morgan fingerprint density at radius 1 is 0.591 bits per heavy atom. The van der Waals surface area contributed by atoms with Crippen LogP contribution in [0, 0.1) is 0 Å². The van der Waals surface area contributed by atoms with Crippen LogP contribution >= 0.6 is 11.6 Å². The molecule has 0 radical (unpaired) electrons. The van der Waals surface area contributed by atoms with Crippen LogP contribution in [0.3, 0.4) is 0 Å². The van der Waals surface area contributed by atoms with Crippen LogP contribution in [-0.2, 0) is 0 Å². The van der Waals surface area contributed by atoms with Crippen LogP contribution < -0.4 is 0 Å². The van der Waals surface area contributed by atoms with Crippen LogP contribution in [0.2, 0.25) is 0 Å². The van der Waals surface area contributed by atoms with E-state index in [-0.39, 0.29) is 5.75 Å². The van der Waals surface area contributed by atoms with Gasteiger partial charge in [-0.15, -0.1) is 0 Å². The van der Waals surface area contributed by atoms with Crippen LogP contribution in [0.5, 0.6) is 5.75 Å². The lowest BCUT2D eigenvalue weighted by Gasteiger charge is -2.12. The van der Waals surface area contributed by atoms with Crippen molar-refractivity contribution >= 4 is 22.2 Å². The highest BCUT2D eigenvalue weighted by molar-refractivity contribution is 6.53. The van der Waals surface area contributed by atoms with E-state index in [1.807, 2.05) is 72.8 Å². The van der Waals surface area contributed by atoms with Crippen molar-refractivity contribution in [1.82, 2.24) is 0 Å². The van der Waals surface area contributed by atoms with Crippen molar-refractivity contribution in [3.63, 3.8) is 0 Å². The van der Waals surface area contributed by atoms with Gasteiger partial charge in [0.1, 0.15) is 5.75 Å². The molecule has 3 aromatic carbocycles. The van der Waals surface area contributed by atoms with E-state index in [2.05, 4.69) is 0 Å². The van der Waals surface area contributed by atoms with Gasteiger partial charge in [-0.2, -0.15) is 0 Å². The van der Waals surface area contributed by atoms with Crippen molar-refractivity contribution in [1.29, 1.82) is 0 Å². The van der Waals surface area contributed by atoms with Crippen LogP contribution in [0.15, 0.2) is 84.9 Å². The lowest BCUT2D eigenvalue weighted by Crippen LogP contribution is -1.91. The largest absolute Gasteiger partial charge is 0.508 e. The van der Waals surface area contributed by atoms with Crippen LogP contribution in [0.25, 0.3) is 10.6 Å². The molecule has 1 nitrogen and oxygen atoms in total. The van der Waals surface area contributed by atoms with Crippen LogP contribution in [0.1, 0.15) is 16.7 Å². The maximum Gasteiger partial charge on any atom is 0.115 e. The first-order chi connectivity index (χ1) is 10.8. The summed E-state index contributed by atoms with van der Waals surface area (Å²) in [5.41, 5.74) is 3.93. The van der Waals surface area contributed by atoms with Crippen molar-refractivity contribution < 1.29 is 5.11 Å². The number of phenols is 1.